The Kier molecular flexibility index (Phi) is 4.98. The zero-order valence-electron chi connectivity index (χ0n) is 14.7. The predicted octanol–water partition coefficient (Wildman–Crippen LogP) is 2.98. The van der Waals surface area contributed by atoms with Crippen LogP contribution in [0.3, 0.4) is 0 Å². The highest BCUT2D eigenvalue weighted by Crippen LogP contribution is 2.32. The molecular weight excluding hydrogens is 384 g/mol. The highest BCUT2D eigenvalue weighted by molar-refractivity contribution is 7.98. The van der Waals surface area contributed by atoms with E-state index < -0.39 is 11.4 Å². The van der Waals surface area contributed by atoms with Gasteiger partial charge in [0, 0.05) is 18.0 Å². The molecule has 0 bridgehead atoms. The van der Waals surface area contributed by atoms with Crippen LogP contribution in [0, 0.1) is 6.92 Å². The van der Waals surface area contributed by atoms with Crippen molar-refractivity contribution in [1.82, 2.24) is 9.97 Å². The number of rotatable bonds is 5. The molecule has 1 aliphatic rings. The number of hydrogen-bond donors (Lipinski definition) is 0. The molecule has 8 nitrogen and oxygen atoms in total. The molecule has 0 radical (unpaired) electrons. The number of carbonyl (C=O) groups excluding carboxylic acids is 1. The van der Waals surface area contributed by atoms with Gasteiger partial charge in [0.15, 0.2) is 16.7 Å². The lowest BCUT2D eigenvalue weighted by molar-refractivity contribution is 0.0728. The fourth-order valence-corrected chi connectivity index (χ4v) is 3.17. The molecule has 28 heavy (non-hydrogen) atoms. The minimum Gasteiger partial charge on any atom is -0.464 e. The molecule has 2 aromatic heterocycles. The van der Waals surface area contributed by atoms with Crippen LogP contribution in [0.15, 0.2) is 57.2 Å². The van der Waals surface area contributed by atoms with Crippen LogP contribution in [0.4, 0.5) is 0 Å². The Morgan fingerprint density at radius 2 is 2.07 bits per heavy atom. The fourth-order valence-electron chi connectivity index (χ4n) is 2.40. The zero-order chi connectivity index (χ0) is 19.5. The van der Waals surface area contributed by atoms with Crippen LogP contribution in [0.1, 0.15) is 21.8 Å². The van der Waals surface area contributed by atoms with Crippen molar-refractivity contribution >= 4 is 17.7 Å². The summed E-state index contributed by atoms with van der Waals surface area (Å²) >= 11 is 1.34. The number of aryl methyl sites for hydroxylation is 1. The van der Waals surface area contributed by atoms with Gasteiger partial charge in [-0.15, -0.1) is 0 Å². The van der Waals surface area contributed by atoms with Crippen molar-refractivity contribution in [2.45, 2.75) is 17.8 Å². The van der Waals surface area contributed by atoms with E-state index in [1.54, 1.807) is 18.3 Å². The molecule has 1 aliphatic heterocycles. The molecule has 4 rings (SSSR count). The number of thioether (sulfide) groups is 1. The van der Waals surface area contributed by atoms with Gasteiger partial charge in [-0.05, 0) is 31.2 Å². The maximum atomic E-state index is 12.3. The number of esters is 1. The van der Waals surface area contributed by atoms with Gasteiger partial charge in [-0.1, -0.05) is 11.8 Å². The van der Waals surface area contributed by atoms with Crippen LogP contribution in [-0.2, 0) is 5.75 Å². The maximum Gasteiger partial charge on any atom is 0.343 e. The molecule has 9 heteroatoms. The van der Waals surface area contributed by atoms with Crippen molar-refractivity contribution in [1.29, 1.82) is 0 Å². The Morgan fingerprint density at radius 1 is 1.21 bits per heavy atom. The van der Waals surface area contributed by atoms with E-state index in [0.29, 0.717) is 28.2 Å². The fraction of sp³-hybridized carbons (Fsp3) is 0.158. The third-order valence-corrected chi connectivity index (χ3v) is 4.66. The Morgan fingerprint density at radius 3 is 2.89 bits per heavy atom. The highest BCUT2D eigenvalue weighted by atomic mass is 32.2. The first-order valence-electron chi connectivity index (χ1n) is 8.24. The van der Waals surface area contributed by atoms with Crippen LogP contribution < -0.4 is 19.6 Å². The lowest BCUT2D eigenvalue weighted by Gasteiger charge is -2.05. The molecule has 0 saturated carbocycles. The largest absolute Gasteiger partial charge is 0.464 e. The van der Waals surface area contributed by atoms with E-state index in [2.05, 4.69) is 9.97 Å². The van der Waals surface area contributed by atoms with Gasteiger partial charge < -0.3 is 18.6 Å². The first kappa shape index (κ1) is 18.1. The van der Waals surface area contributed by atoms with Crippen molar-refractivity contribution in [3.05, 3.63) is 70.0 Å². The van der Waals surface area contributed by atoms with E-state index in [0.717, 1.165) is 12.0 Å². The van der Waals surface area contributed by atoms with E-state index in [1.807, 2.05) is 6.92 Å². The smallest absolute Gasteiger partial charge is 0.343 e. The number of carbonyl (C=O) groups is 1. The second-order valence-electron chi connectivity index (χ2n) is 5.80. The summed E-state index contributed by atoms with van der Waals surface area (Å²) in [7, 11) is 0. The van der Waals surface area contributed by atoms with Crippen LogP contribution in [0.2, 0.25) is 0 Å². The van der Waals surface area contributed by atoms with E-state index in [9.17, 15) is 9.59 Å². The summed E-state index contributed by atoms with van der Waals surface area (Å²) in [5.74, 6) is 0.907. The zero-order valence-corrected chi connectivity index (χ0v) is 15.5. The SMILES string of the molecule is Cc1ccnc(SCc2cc(=O)c(OC(=O)c3ccc4c(c3)OCO4)co2)n1. The minimum atomic E-state index is -0.694. The number of ether oxygens (including phenoxy) is 3. The van der Waals surface area contributed by atoms with Crippen LogP contribution in [0.25, 0.3) is 0 Å². The second-order valence-corrected chi connectivity index (χ2v) is 6.74. The highest BCUT2D eigenvalue weighted by Gasteiger charge is 2.18. The number of hydrogen-bond acceptors (Lipinski definition) is 9. The van der Waals surface area contributed by atoms with Gasteiger partial charge in [0.05, 0.1) is 11.3 Å². The molecule has 0 saturated heterocycles. The van der Waals surface area contributed by atoms with E-state index >= 15 is 0 Å². The molecule has 0 amide bonds. The molecule has 0 unspecified atom stereocenters. The first-order valence-corrected chi connectivity index (χ1v) is 9.23. The van der Waals surface area contributed by atoms with E-state index in [1.165, 1.54) is 30.0 Å². The second kappa shape index (κ2) is 7.73. The third-order valence-electron chi connectivity index (χ3n) is 3.78. The van der Waals surface area contributed by atoms with Crippen molar-refractivity contribution < 1.29 is 23.4 Å². The van der Waals surface area contributed by atoms with Gasteiger partial charge in [-0.25, -0.2) is 14.8 Å². The molecular formula is C19H14N2O6S. The molecule has 0 aliphatic carbocycles. The summed E-state index contributed by atoms with van der Waals surface area (Å²) < 4.78 is 21.0. The topological polar surface area (TPSA) is 101 Å². The van der Waals surface area contributed by atoms with Crippen molar-refractivity contribution in [3.63, 3.8) is 0 Å². The Hall–Kier alpha value is -3.33. The first-order chi connectivity index (χ1) is 13.6. The normalized spacial score (nSPS) is 12.0. The Labute approximate surface area is 163 Å². The van der Waals surface area contributed by atoms with Gasteiger partial charge in [0.1, 0.15) is 12.0 Å². The van der Waals surface area contributed by atoms with Crippen LogP contribution in [-0.4, -0.2) is 22.7 Å². The number of fused-ring (bicyclic) bond motifs is 1. The standard InChI is InChI=1S/C19H14N2O6S/c1-11-4-5-20-19(21-11)28-9-13-7-14(22)17(8-24-13)27-18(23)12-2-3-15-16(6-12)26-10-25-15/h2-8H,9-10H2,1H3. The molecule has 0 N–H and O–H groups in total. The van der Waals surface area contributed by atoms with Gasteiger partial charge in [0.25, 0.3) is 0 Å². The molecule has 142 valence electrons. The molecule has 0 fully saturated rings. The summed E-state index contributed by atoms with van der Waals surface area (Å²) in [6.07, 6.45) is 2.79. The van der Waals surface area contributed by atoms with E-state index in [-0.39, 0.29) is 18.1 Å². The lowest BCUT2D eigenvalue weighted by atomic mass is 10.2. The summed E-state index contributed by atoms with van der Waals surface area (Å²) in [6, 6.07) is 7.72. The maximum absolute atomic E-state index is 12.3. The number of nitrogens with zero attached hydrogens (tertiary/aromatic N) is 2. The number of benzene rings is 1. The van der Waals surface area contributed by atoms with Gasteiger partial charge in [-0.3, -0.25) is 4.79 Å². The molecule has 0 spiro atoms. The third kappa shape index (κ3) is 3.99. The Bertz CT molecular complexity index is 1100. The summed E-state index contributed by atoms with van der Waals surface area (Å²) in [4.78, 5) is 32.9. The molecule has 0 atom stereocenters. The van der Waals surface area contributed by atoms with Gasteiger partial charge in [-0.2, -0.15) is 0 Å². The van der Waals surface area contributed by atoms with Gasteiger partial charge in [0.2, 0.25) is 18.0 Å². The summed E-state index contributed by atoms with van der Waals surface area (Å²) in [6.45, 7) is 1.97. The monoisotopic (exact) mass is 398 g/mol. The van der Waals surface area contributed by atoms with Crippen molar-refractivity contribution in [2.24, 2.45) is 0 Å². The van der Waals surface area contributed by atoms with Crippen LogP contribution >= 0.6 is 11.8 Å². The lowest BCUT2D eigenvalue weighted by Crippen LogP contribution is -2.14. The van der Waals surface area contributed by atoms with E-state index in [4.69, 9.17) is 18.6 Å². The van der Waals surface area contributed by atoms with Gasteiger partial charge >= 0.3 is 5.97 Å². The molecule has 1 aromatic carbocycles. The number of aromatic nitrogens is 2. The van der Waals surface area contributed by atoms with Crippen LogP contribution in [0.5, 0.6) is 17.2 Å². The average Bonchev–Trinajstić information content (AvgIpc) is 3.16. The molecule has 3 heterocycles. The molecule has 3 aromatic rings. The van der Waals surface area contributed by atoms with Crippen molar-refractivity contribution in [2.75, 3.05) is 6.79 Å². The quantitative estimate of drug-likeness (QED) is 0.365. The van der Waals surface area contributed by atoms with Crippen molar-refractivity contribution in [3.8, 4) is 17.2 Å². The average molecular weight is 398 g/mol. The minimum absolute atomic E-state index is 0.102. The summed E-state index contributed by atoms with van der Waals surface area (Å²) in [5.41, 5.74) is 0.630. The summed E-state index contributed by atoms with van der Waals surface area (Å²) in [5, 5.41) is 0.584. The predicted molar refractivity (Wildman–Crippen MR) is 98.8 cm³/mol. The Balaban J connectivity index is 1.43.